The number of alkyl halides is 3. The lowest BCUT2D eigenvalue weighted by Crippen LogP contribution is -2.41. The van der Waals surface area contributed by atoms with Crippen LogP contribution in [0.5, 0.6) is 0 Å². The van der Waals surface area contributed by atoms with Gasteiger partial charge in [0.05, 0.1) is 5.92 Å². The summed E-state index contributed by atoms with van der Waals surface area (Å²) in [6.07, 6.45) is -2.78. The highest BCUT2D eigenvalue weighted by atomic mass is 19.4. The van der Waals surface area contributed by atoms with E-state index in [0.29, 0.717) is 24.2 Å². The van der Waals surface area contributed by atoms with Gasteiger partial charge in [-0.15, -0.1) is 0 Å². The molecule has 1 N–H and O–H groups in total. The zero-order valence-corrected chi connectivity index (χ0v) is 10.0. The van der Waals surface area contributed by atoms with Gasteiger partial charge in [-0.05, 0) is 19.3 Å². The van der Waals surface area contributed by atoms with Crippen LogP contribution in [0.4, 0.5) is 13.2 Å². The molecule has 1 fully saturated rings. The molecule has 0 aromatic carbocycles. The molecule has 0 spiro atoms. The minimum atomic E-state index is -4.43. The monoisotopic (exact) mass is 267 g/mol. The third-order valence-electron chi connectivity index (χ3n) is 3.17. The second kappa shape index (κ2) is 5.58. The van der Waals surface area contributed by atoms with Crippen molar-refractivity contribution in [2.45, 2.75) is 31.9 Å². The molecule has 104 valence electrons. The van der Waals surface area contributed by atoms with Crippen LogP contribution in [0.15, 0.2) is 0 Å². The third-order valence-corrected chi connectivity index (χ3v) is 3.17. The van der Waals surface area contributed by atoms with Gasteiger partial charge in [-0.25, -0.2) is 0 Å². The second-order valence-electron chi connectivity index (χ2n) is 4.71. The van der Waals surface area contributed by atoms with Crippen LogP contribution in [0.2, 0.25) is 0 Å². The molecule has 0 bridgehead atoms. The van der Waals surface area contributed by atoms with Crippen LogP contribution in [0.25, 0.3) is 0 Å². The number of carbonyl (C=O) groups is 2. The maximum Gasteiger partial charge on any atom is 0.406 e. The Morgan fingerprint density at radius 1 is 1.28 bits per heavy atom. The molecule has 0 saturated heterocycles. The fourth-order valence-corrected chi connectivity index (χ4v) is 2.30. The molecule has 0 radical (unpaired) electrons. The summed E-state index contributed by atoms with van der Waals surface area (Å²) in [6, 6.07) is 0. The third kappa shape index (κ3) is 4.19. The van der Waals surface area contributed by atoms with E-state index in [9.17, 15) is 22.8 Å². The Hall–Kier alpha value is -1.27. The highest BCUT2D eigenvalue weighted by molar-refractivity contribution is 5.80. The van der Waals surface area contributed by atoms with Gasteiger partial charge in [0, 0.05) is 13.0 Å². The predicted molar refractivity (Wildman–Crippen MR) is 56.8 cm³/mol. The first-order valence-electron chi connectivity index (χ1n) is 5.75. The average Bonchev–Trinajstić information content (AvgIpc) is 2.26. The van der Waals surface area contributed by atoms with Gasteiger partial charge in [0.1, 0.15) is 6.54 Å². The van der Waals surface area contributed by atoms with Crippen molar-refractivity contribution in [3.63, 3.8) is 0 Å². The molecule has 18 heavy (non-hydrogen) atoms. The van der Waals surface area contributed by atoms with E-state index in [-0.39, 0.29) is 6.42 Å². The molecule has 1 amide bonds. The summed E-state index contributed by atoms with van der Waals surface area (Å²) < 4.78 is 36.5. The molecule has 0 aliphatic heterocycles. The molecule has 2 unspecified atom stereocenters. The van der Waals surface area contributed by atoms with Crippen molar-refractivity contribution in [2.75, 3.05) is 13.6 Å². The van der Waals surface area contributed by atoms with E-state index < -0.39 is 36.4 Å². The lowest BCUT2D eigenvalue weighted by atomic mass is 9.81. The molecule has 4 nitrogen and oxygen atoms in total. The molecule has 0 heterocycles. The van der Waals surface area contributed by atoms with E-state index in [0.717, 1.165) is 7.05 Å². The van der Waals surface area contributed by atoms with Gasteiger partial charge >= 0.3 is 12.1 Å². The lowest BCUT2D eigenvalue weighted by molar-refractivity contribution is -0.162. The quantitative estimate of drug-likeness (QED) is 0.849. The number of hydrogen-bond donors (Lipinski definition) is 1. The van der Waals surface area contributed by atoms with Crippen LogP contribution in [-0.2, 0) is 9.59 Å². The number of hydrogen-bond acceptors (Lipinski definition) is 2. The van der Waals surface area contributed by atoms with Gasteiger partial charge in [0.2, 0.25) is 5.91 Å². The van der Waals surface area contributed by atoms with Crippen LogP contribution in [0.3, 0.4) is 0 Å². The first-order valence-corrected chi connectivity index (χ1v) is 5.75. The van der Waals surface area contributed by atoms with Crippen molar-refractivity contribution in [3.05, 3.63) is 0 Å². The highest BCUT2D eigenvalue weighted by Gasteiger charge is 2.36. The zero-order valence-electron chi connectivity index (χ0n) is 10.0. The van der Waals surface area contributed by atoms with Gasteiger partial charge in [-0.1, -0.05) is 6.42 Å². The summed E-state index contributed by atoms with van der Waals surface area (Å²) in [4.78, 5) is 23.2. The van der Waals surface area contributed by atoms with E-state index in [2.05, 4.69) is 0 Å². The fourth-order valence-electron chi connectivity index (χ4n) is 2.30. The van der Waals surface area contributed by atoms with Gasteiger partial charge in [0.15, 0.2) is 0 Å². The molecular formula is C11H16F3NO3. The maximum atomic E-state index is 12.2. The Kier molecular flexibility index (Phi) is 4.59. The molecule has 1 aliphatic rings. The van der Waals surface area contributed by atoms with Crippen molar-refractivity contribution >= 4 is 11.9 Å². The van der Waals surface area contributed by atoms with Crippen molar-refractivity contribution in [2.24, 2.45) is 11.8 Å². The number of amides is 1. The minimum Gasteiger partial charge on any atom is -0.481 e. The van der Waals surface area contributed by atoms with E-state index in [1.807, 2.05) is 0 Å². The summed E-state index contributed by atoms with van der Waals surface area (Å²) in [6.45, 7) is -1.29. The van der Waals surface area contributed by atoms with E-state index >= 15 is 0 Å². The summed E-state index contributed by atoms with van der Waals surface area (Å²) in [5.74, 6) is -2.82. The summed E-state index contributed by atoms with van der Waals surface area (Å²) in [5, 5.41) is 8.86. The van der Waals surface area contributed by atoms with Crippen LogP contribution in [0.1, 0.15) is 25.7 Å². The number of aliphatic carboxylic acids is 1. The van der Waals surface area contributed by atoms with Crippen LogP contribution >= 0.6 is 0 Å². The Bertz CT molecular complexity index is 330. The first kappa shape index (κ1) is 14.8. The van der Waals surface area contributed by atoms with Crippen molar-refractivity contribution in [1.82, 2.24) is 4.90 Å². The van der Waals surface area contributed by atoms with E-state index in [4.69, 9.17) is 5.11 Å². The molecule has 0 aromatic heterocycles. The number of carboxylic acids is 1. The Morgan fingerprint density at radius 2 is 1.83 bits per heavy atom. The predicted octanol–water partition coefficient (Wildman–Crippen LogP) is 1.90. The van der Waals surface area contributed by atoms with Crippen molar-refractivity contribution in [3.8, 4) is 0 Å². The first-order chi connectivity index (χ1) is 8.20. The summed E-state index contributed by atoms with van der Waals surface area (Å²) in [5.41, 5.74) is 0. The standard InChI is InChI=1S/C11H16F3NO3/c1-15(6-11(12,13)14)9(16)7-3-2-4-8(5-7)10(17)18/h7-8H,2-6H2,1H3,(H,17,18). The summed E-state index contributed by atoms with van der Waals surface area (Å²) in [7, 11) is 1.10. The lowest BCUT2D eigenvalue weighted by Gasteiger charge is -2.29. The maximum absolute atomic E-state index is 12.2. The number of nitrogens with zero attached hydrogens (tertiary/aromatic N) is 1. The SMILES string of the molecule is CN(CC(F)(F)F)C(=O)C1CCCC(C(=O)O)C1. The van der Waals surface area contributed by atoms with Crippen LogP contribution in [-0.4, -0.2) is 41.7 Å². The van der Waals surface area contributed by atoms with E-state index in [1.165, 1.54) is 0 Å². The number of halogens is 3. The molecular weight excluding hydrogens is 251 g/mol. The van der Waals surface area contributed by atoms with Gasteiger partial charge in [-0.3, -0.25) is 9.59 Å². The topological polar surface area (TPSA) is 57.6 Å². The normalized spacial score (nSPS) is 24.7. The Labute approximate surface area is 103 Å². The Balaban J connectivity index is 2.58. The van der Waals surface area contributed by atoms with Crippen LogP contribution in [0, 0.1) is 11.8 Å². The summed E-state index contributed by atoms with van der Waals surface area (Å²) >= 11 is 0. The molecule has 0 aromatic rings. The van der Waals surface area contributed by atoms with Crippen LogP contribution < -0.4 is 0 Å². The van der Waals surface area contributed by atoms with Crippen molar-refractivity contribution in [1.29, 1.82) is 0 Å². The second-order valence-corrected chi connectivity index (χ2v) is 4.71. The zero-order chi connectivity index (χ0) is 13.9. The number of rotatable bonds is 3. The molecule has 1 saturated carbocycles. The molecule has 2 atom stereocenters. The van der Waals surface area contributed by atoms with E-state index in [1.54, 1.807) is 0 Å². The number of carboxylic acid groups (broad SMARTS) is 1. The number of carbonyl (C=O) groups excluding carboxylic acids is 1. The van der Waals surface area contributed by atoms with Gasteiger partial charge in [0.25, 0.3) is 0 Å². The smallest absolute Gasteiger partial charge is 0.406 e. The highest BCUT2D eigenvalue weighted by Crippen LogP contribution is 2.31. The molecule has 1 aliphatic carbocycles. The average molecular weight is 267 g/mol. The fraction of sp³-hybridized carbons (Fsp3) is 0.818. The molecule has 1 rings (SSSR count). The van der Waals surface area contributed by atoms with Gasteiger partial charge in [-0.2, -0.15) is 13.2 Å². The minimum absolute atomic E-state index is 0.135. The Morgan fingerprint density at radius 3 is 2.33 bits per heavy atom. The molecule has 7 heteroatoms. The largest absolute Gasteiger partial charge is 0.481 e. The van der Waals surface area contributed by atoms with Crippen molar-refractivity contribution < 1.29 is 27.9 Å². The van der Waals surface area contributed by atoms with Gasteiger partial charge < -0.3 is 10.0 Å².